The minimum absolute atomic E-state index is 0.0103. The van der Waals surface area contributed by atoms with Crippen molar-refractivity contribution in [2.45, 2.75) is 6.61 Å². The number of hydrogen-bond donors (Lipinski definition) is 1. The molecule has 0 amide bonds. The molecule has 28 heavy (non-hydrogen) atoms. The molecule has 0 radical (unpaired) electrons. The van der Waals surface area contributed by atoms with Gasteiger partial charge >= 0.3 is 0 Å². The van der Waals surface area contributed by atoms with Crippen molar-refractivity contribution in [2.24, 2.45) is 0 Å². The van der Waals surface area contributed by atoms with Gasteiger partial charge in [0.1, 0.15) is 28.8 Å². The van der Waals surface area contributed by atoms with Gasteiger partial charge in [0.25, 0.3) is 0 Å². The number of nitrogens with zero attached hydrogens (tertiary/aromatic N) is 1. The molecule has 6 heteroatoms. The second-order valence-electron chi connectivity index (χ2n) is 6.06. The van der Waals surface area contributed by atoms with Crippen molar-refractivity contribution < 1.29 is 23.1 Å². The third kappa shape index (κ3) is 3.50. The maximum absolute atomic E-state index is 14.1. The van der Waals surface area contributed by atoms with Crippen molar-refractivity contribution in [3.8, 4) is 34.1 Å². The average Bonchev–Trinajstić information content (AvgIpc) is 3.14. The molecule has 0 fully saturated rings. The van der Waals surface area contributed by atoms with Crippen LogP contribution in [-0.4, -0.2) is 10.3 Å². The third-order valence-electron chi connectivity index (χ3n) is 4.21. The van der Waals surface area contributed by atoms with Gasteiger partial charge in [-0.25, -0.2) is 8.78 Å². The predicted molar refractivity (Wildman–Crippen MR) is 99.7 cm³/mol. The van der Waals surface area contributed by atoms with E-state index in [0.717, 1.165) is 18.2 Å². The Morgan fingerprint density at radius 3 is 2.46 bits per heavy atom. The van der Waals surface area contributed by atoms with Crippen LogP contribution in [0.15, 0.2) is 77.3 Å². The highest BCUT2D eigenvalue weighted by atomic mass is 19.1. The number of benzene rings is 3. The first-order chi connectivity index (χ1) is 13.7. The molecule has 4 rings (SSSR count). The fourth-order valence-corrected chi connectivity index (χ4v) is 2.90. The molecule has 1 aromatic heterocycles. The van der Waals surface area contributed by atoms with Crippen LogP contribution in [0.1, 0.15) is 5.56 Å². The molecule has 4 nitrogen and oxygen atoms in total. The van der Waals surface area contributed by atoms with Crippen LogP contribution in [0.5, 0.6) is 11.5 Å². The molecule has 0 spiro atoms. The Labute approximate surface area is 159 Å². The maximum atomic E-state index is 14.1. The lowest BCUT2D eigenvalue weighted by atomic mass is 10.0. The number of aliphatic hydroxyl groups excluding tert-OH is 1. The number of halogens is 2. The van der Waals surface area contributed by atoms with Crippen LogP contribution in [0, 0.1) is 11.6 Å². The minimum Gasteiger partial charge on any atom is -0.457 e. The third-order valence-corrected chi connectivity index (χ3v) is 4.21. The Morgan fingerprint density at radius 2 is 1.68 bits per heavy atom. The van der Waals surface area contributed by atoms with E-state index in [4.69, 9.17) is 9.26 Å². The van der Waals surface area contributed by atoms with E-state index in [2.05, 4.69) is 5.16 Å². The fraction of sp³-hybridized carbons (Fsp3) is 0.0455. The molecule has 1 N–H and O–H groups in total. The van der Waals surface area contributed by atoms with E-state index in [9.17, 15) is 13.9 Å². The SMILES string of the molecule is OCc1c(-c2cccc(Oc3ccccc3)c2)noc1-c1cc(F)ccc1F. The second-order valence-corrected chi connectivity index (χ2v) is 6.06. The Hall–Kier alpha value is -3.51. The Bertz CT molecular complexity index is 1110. The molecule has 0 unspecified atom stereocenters. The van der Waals surface area contributed by atoms with Crippen LogP contribution in [0.2, 0.25) is 0 Å². The lowest BCUT2D eigenvalue weighted by Gasteiger charge is -2.07. The van der Waals surface area contributed by atoms with E-state index in [1.807, 2.05) is 30.3 Å². The smallest absolute Gasteiger partial charge is 0.176 e. The lowest BCUT2D eigenvalue weighted by Crippen LogP contribution is -1.92. The highest BCUT2D eigenvalue weighted by Gasteiger charge is 2.21. The van der Waals surface area contributed by atoms with Crippen LogP contribution in [0.25, 0.3) is 22.6 Å². The number of ether oxygens (including phenoxy) is 1. The van der Waals surface area contributed by atoms with E-state index in [-0.39, 0.29) is 16.9 Å². The van der Waals surface area contributed by atoms with Crippen LogP contribution in [0.4, 0.5) is 8.78 Å². The predicted octanol–water partition coefficient (Wildman–Crippen LogP) is 5.57. The molecule has 0 aliphatic rings. The van der Waals surface area contributed by atoms with Gasteiger partial charge in [0, 0.05) is 5.56 Å². The Kier molecular flexibility index (Phi) is 4.87. The van der Waals surface area contributed by atoms with Gasteiger partial charge in [0.05, 0.1) is 17.7 Å². The average molecular weight is 379 g/mol. The number of hydrogen-bond acceptors (Lipinski definition) is 4. The maximum Gasteiger partial charge on any atom is 0.176 e. The number of aromatic nitrogens is 1. The topological polar surface area (TPSA) is 55.5 Å². The van der Waals surface area contributed by atoms with Gasteiger partial charge < -0.3 is 14.4 Å². The van der Waals surface area contributed by atoms with Gasteiger partial charge in [-0.05, 0) is 42.5 Å². The summed E-state index contributed by atoms with van der Waals surface area (Å²) in [5.41, 5.74) is 1.12. The van der Waals surface area contributed by atoms with Crippen LogP contribution in [-0.2, 0) is 6.61 Å². The summed E-state index contributed by atoms with van der Waals surface area (Å²) < 4.78 is 38.8. The summed E-state index contributed by atoms with van der Waals surface area (Å²) in [5, 5.41) is 13.8. The largest absolute Gasteiger partial charge is 0.457 e. The van der Waals surface area contributed by atoms with Crippen molar-refractivity contribution in [1.29, 1.82) is 0 Å². The summed E-state index contributed by atoms with van der Waals surface area (Å²) in [5.74, 6) is -0.0564. The zero-order valence-corrected chi connectivity index (χ0v) is 14.6. The summed E-state index contributed by atoms with van der Waals surface area (Å²) >= 11 is 0. The molecule has 4 aromatic rings. The molecule has 0 aliphatic heterocycles. The molecule has 3 aromatic carbocycles. The van der Waals surface area contributed by atoms with Crippen LogP contribution in [0.3, 0.4) is 0 Å². The molecule has 0 atom stereocenters. The molecule has 1 heterocycles. The molecular formula is C22H15F2NO3. The van der Waals surface area contributed by atoms with E-state index >= 15 is 0 Å². The minimum atomic E-state index is -0.667. The van der Waals surface area contributed by atoms with Crippen LogP contribution >= 0.6 is 0 Å². The molecule has 0 saturated heterocycles. The second kappa shape index (κ2) is 7.62. The van der Waals surface area contributed by atoms with Crippen molar-refractivity contribution in [2.75, 3.05) is 0 Å². The first kappa shape index (κ1) is 17.9. The summed E-state index contributed by atoms with van der Waals surface area (Å²) in [7, 11) is 0. The zero-order chi connectivity index (χ0) is 19.5. The lowest BCUT2D eigenvalue weighted by molar-refractivity contribution is 0.281. The monoisotopic (exact) mass is 379 g/mol. The summed E-state index contributed by atoms with van der Waals surface area (Å²) in [6.45, 7) is -0.451. The van der Waals surface area contributed by atoms with Crippen molar-refractivity contribution in [3.63, 3.8) is 0 Å². The van der Waals surface area contributed by atoms with Crippen molar-refractivity contribution in [3.05, 3.63) is 90.0 Å². The molecular weight excluding hydrogens is 364 g/mol. The van der Waals surface area contributed by atoms with Crippen LogP contribution < -0.4 is 4.74 Å². The highest BCUT2D eigenvalue weighted by molar-refractivity contribution is 5.73. The fourth-order valence-electron chi connectivity index (χ4n) is 2.90. The highest BCUT2D eigenvalue weighted by Crippen LogP contribution is 2.35. The number of para-hydroxylation sites is 1. The van der Waals surface area contributed by atoms with Crippen molar-refractivity contribution in [1.82, 2.24) is 5.16 Å². The van der Waals surface area contributed by atoms with Gasteiger partial charge in [-0.3, -0.25) is 0 Å². The Morgan fingerprint density at radius 1 is 0.893 bits per heavy atom. The van der Waals surface area contributed by atoms with Gasteiger partial charge in [-0.1, -0.05) is 35.5 Å². The summed E-state index contributed by atoms with van der Waals surface area (Å²) in [6, 6.07) is 19.3. The first-order valence-electron chi connectivity index (χ1n) is 8.54. The number of rotatable bonds is 5. The molecule has 140 valence electrons. The van der Waals surface area contributed by atoms with Crippen molar-refractivity contribution >= 4 is 0 Å². The Balaban J connectivity index is 1.73. The van der Waals surface area contributed by atoms with Gasteiger partial charge in [-0.15, -0.1) is 0 Å². The quantitative estimate of drug-likeness (QED) is 0.492. The molecule has 0 bridgehead atoms. The molecule has 0 saturated carbocycles. The first-order valence-corrected chi connectivity index (χ1v) is 8.54. The van der Waals surface area contributed by atoms with E-state index in [0.29, 0.717) is 22.8 Å². The van der Waals surface area contributed by atoms with Gasteiger partial charge in [0.2, 0.25) is 0 Å². The number of aliphatic hydroxyl groups is 1. The normalized spacial score (nSPS) is 10.8. The van der Waals surface area contributed by atoms with Gasteiger partial charge in [-0.2, -0.15) is 0 Å². The molecule has 0 aliphatic carbocycles. The van der Waals surface area contributed by atoms with Gasteiger partial charge in [0.15, 0.2) is 5.76 Å². The summed E-state index contributed by atoms with van der Waals surface area (Å²) in [4.78, 5) is 0. The van der Waals surface area contributed by atoms with E-state index in [1.54, 1.807) is 24.3 Å². The van der Waals surface area contributed by atoms with E-state index in [1.165, 1.54) is 0 Å². The van der Waals surface area contributed by atoms with E-state index < -0.39 is 18.2 Å². The zero-order valence-electron chi connectivity index (χ0n) is 14.6. The standard InChI is InChI=1S/C22H15F2NO3/c23-15-9-10-20(24)18(12-15)22-19(13-26)21(25-28-22)14-5-4-8-17(11-14)27-16-6-2-1-3-7-16/h1-12,26H,13H2. The summed E-state index contributed by atoms with van der Waals surface area (Å²) in [6.07, 6.45) is 0.